The SMILES string of the molecule is CN(Cc1ccccc1)C(=O)C1CNNC1C1CCCN(Cc2ccccc2F)C1. The van der Waals surface area contributed by atoms with E-state index in [1.165, 1.54) is 6.07 Å². The summed E-state index contributed by atoms with van der Waals surface area (Å²) in [5, 5.41) is 0. The van der Waals surface area contributed by atoms with Crippen LogP contribution in [0.2, 0.25) is 0 Å². The number of likely N-dealkylation sites (tertiary alicyclic amines) is 1. The molecular weight excluding hydrogens is 379 g/mol. The number of halogens is 1. The molecule has 30 heavy (non-hydrogen) atoms. The van der Waals surface area contributed by atoms with Crippen molar-refractivity contribution in [3.63, 3.8) is 0 Å². The molecule has 2 aliphatic rings. The van der Waals surface area contributed by atoms with Crippen molar-refractivity contribution in [2.45, 2.75) is 32.0 Å². The van der Waals surface area contributed by atoms with Gasteiger partial charge in [0.25, 0.3) is 0 Å². The molecule has 3 unspecified atom stereocenters. The van der Waals surface area contributed by atoms with Gasteiger partial charge in [0.15, 0.2) is 0 Å². The maximum absolute atomic E-state index is 14.1. The van der Waals surface area contributed by atoms with Gasteiger partial charge in [-0.05, 0) is 36.9 Å². The Morgan fingerprint density at radius 2 is 1.93 bits per heavy atom. The van der Waals surface area contributed by atoms with Crippen molar-refractivity contribution < 1.29 is 9.18 Å². The lowest BCUT2D eigenvalue weighted by atomic mass is 9.83. The van der Waals surface area contributed by atoms with E-state index in [0.29, 0.717) is 25.6 Å². The zero-order valence-corrected chi connectivity index (χ0v) is 17.6. The maximum Gasteiger partial charge on any atom is 0.228 e. The smallest absolute Gasteiger partial charge is 0.228 e. The fraction of sp³-hybridized carbons (Fsp3) is 0.458. The Hall–Kier alpha value is -2.28. The monoisotopic (exact) mass is 410 g/mol. The molecule has 0 aromatic heterocycles. The van der Waals surface area contributed by atoms with Gasteiger partial charge in [-0.15, -0.1) is 0 Å². The van der Waals surface area contributed by atoms with Crippen LogP contribution in [0.3, 0.4) is 0 Å². The summed E-state index contributed by atoms with van der Waals surface area (Å²) >= 11 is 0. The van der Waals surface area contributed by atoms with Crippen LogP contribution in [-0.2, 0) is 17.9 Å². The average molecular weight is 411 g/mol. The molecule has 2 aromatic rings. The molecule has 0 radical (unpaired) electrons. The molecule has 0 bridgehead atoms. The second-order valence-electron chi connectivity index (χ2n) is 8.57. The van der Waals surface area contributed by atoms with Crippen molar-refractivity contribution in [1.82, 2.24) is 20.7 Å². The molecule has 2 aromatic carbocycles. The maximum atomic E-state index is 14.1. The number of hydrogen-bond donors (Lipinski definition) is 2. The van der Waals surface area contributed by atoms with Gasteiger partial charge in [-0.2, -0.15) is 0 Å². The molecule has 2 heterocycles. The van der Waals surface area contributed by atoms with Gasteiger partial charge < -0.3 is 4.90 Å². The molecule has 0 aliphatic carbocycles. The van der Waals surface area contributed by atoms with Crippen molar-refractivity contribution in [3.8, 4) is 0 Å². The minimum Gasteiger partial charge on any atom is -0.341 e. The molecule has 0 spiro atoms. The van der Waals surface area contributed by atoms with Gasteiger partial charge in [0.05, 0.1) is 5.92 Å². The molecule has 0 saturated carbocycles. The van der Waals surface area contributed by atoms with Crippen molar-refractivity contribution >= 4 is 5.91 Å². The molecular formula is C24H31FN4O. The standard InChI is InChI=1S/C24H31FN4O/c1-28(15-18-8-3-2-4-9-18)24(30)21-14-26-27-23(21)20-11-7-13-29(17-20)16-19-10-5-6-12-22(19)25/h2-6,8-10,12,20-21,23,26-27H,7,11,13-17H2,1H3. The van der Waals surface area contributed by atoms with Crippen LogP contribution in [0.15, 0.2) is 54.6 Å². The molecule has 5 nitrogen and oxygen atoms in total. The number of hydrazine groups is 1. The van der Waals surface area contributed by atoms with Gasteiger partial charge in [0.1, 0.15) is 5.82 Å². The molecule has 2 fully saturated rings. The summed E-state index contributed by atoms with van der Waals surface area (Å²) in [5.74, 6) is 0.306. The first kappa shape index (κ1) is 21.0. The van der Waals surface area contributed by atoms with Crippen LogP contribution in [0.1, 0.15) is 24.0 Å². The van der Waals surface area contributed by atoms with Gasteiger partial charge in [0, 0.05) is 44.8 Å². The quantitative estimate of drug-likeness (QED) is 0.769. The van der Waals surface area contributed by atoms with E-state index >= 15 is 0 Å². The Balaban J connectivity index is 1.38. The van der Waals surface area contributed by atoms with Crippen molar-refractivity contribution in [1.29, 1.82) is 0 Å². The Labute approximate surface area is 178 Å². The van der Waals surface area contributed by atoms with E-state index in [1.54, 1.807) is 6.07 Å². The second kappa shape index (κ2) is 9.69. The second-order valence-corrected chi connectivity index (χ2v) is 8.57. The van der Waals surface area contributed by atoms with Crippen LogP contribution in [0.4, 0.5) is 4.39 Å². The summed E-state index contributed by atoms with van der Waals surface area (Å²) in [7, 11) is 1.88. The molecule has 1 amide bonds. The van der Waals surface area contributed by atoms with Crippen molar-refractivity contribution in [3.05, 3.63) is 71.5 Å². The van der Waals surface area contributed by atoms with Crippen LogP contribution in [0.25, 0.3) is 0 Å². The zero-order chi connectivity index (χ0) is 20.9. The van der Waals surface area contributed by atoms with Gasteiger partial charge in [0.2, 0.25) is 5.91 Å². The van der Waals surface area contributed by atoms with Gasteiger partial charge in [-0.25, -0.2) is 4.39 Å². The number of rotatable bonds is 6. The topological polar surface area (TPSA) is 47.6 Å². The van der Waals surface area contributed by atoms with Gasteiger partial charge in [-0.3, -0.25) is 20.5 Å². The number of hydrogen-bond acceptors (Lipinski definition) is 4. The highest BCUT2D eigenvalue weighted by atomic mass is 19.1. The van der Waals surface area contributed by atoms with Crippen molar-refractivity contribution in [2.75, 3.05) is 26.7 Å². The zero-order valence-electron chi connectivity index (χ0n) is 17.6. The Kier molecular flexibility index (Phi) is 6.77. The van der Waals surface area contributed by atoms with E-state index in [9.17, 15) is 9.18 Å². The van der Waals surface area contributed by atoms with Crippen molar-refractivity contribution in [2.24, 2.45) is 11.8 Å². The molecule has 2 saturated heterocycles. The first-order valence-corrected chi connectivity index (χ1v) is 10.8. The first-order valence-electron chi connectivity index (χ1n) is 10.8. The minimum absolute atomic E-state index is 0.0860. The van der Waals surface area contributed by atoms with E-state index in [2.05, 4.69) is 15.8 Å². The highest BCUT2D eigenvalue weighted by Crippen LogP contribution is 2.28. The van der Waals surface area contributed by atoms with Crippen LogP contribution in [0, 0.1) is 17.7 Å². The first-order chi connectivity index (χ1) is 14.6. The lowest BCUT2D eigenvalue weighted by Gasteiger charge is -2.37. The molecule has 6 heteroatoms. The Morgan fingerprint density at radius 3 is 2.73 bits per heavy atom. The van der Waals surface area contributed by atoms with E-state index in [-0.39, 0.29) is 23.7 Å². The highest BCUT2D eigenvalue weighted by molar-refractivity contribution is 5.80. The number of nitrogens with one attached hydrogen (secondary N) is 2. The lowest BCUT2D eigenvalue weighted by molar-refractivity contribution is -0.135. The summed E-state index contributed by atoms with van der Waals surface area (Å²) in [5.41, 5.74) is 8.47. The summed E-state index contributed by atoms with van der Waals surface area (Å²) < 4.78 is 14.1. The van der Waals surface area contributed by atoms with E-state index in [1.807, 2.05) is 54.4 Å². The molecule has 3 atom stereocenters. The number of piperidine rings is 1. The Bertz CT molecular complexity index is 846. The fourth-order valence-electron chi connectivity index (χ4n) is 4.82. The summed E-state index contributed by atoms with van der Waals surface area (Å²) in [6.45, 7) is 3.73. The predicted octanol–water partition coefficient (Wildman–Crippen LogP) is 2.79. The summed E-state index contributed by atoms with van der Waals surface area (Å²) in [6, 6.07) is 17.2. The largest absolute Gasteiger partial charge is 0.341 e. The third kappa shape index (κ3) is 4.89. The van der Waals surface area contributed by atoms with E-state index in [4.69, 9.17) is 0 Å². The van der Waals surface area contributed by atoms with Crippen LogP contribution in [0.5, 0.6) is 0 Å². The number of carbonyl (C=O) groups is 1. The van der Waals surface area contributed by atoms with Crippen LogP contribution >= 0.6 is 0 Å². The van der Waals surface area contributed by atoms with Gasteiger partial charge >= 0.3 is 0 Å². The lowest BCUT2D eigenvalue weighted by Crippen LogP contribution is -2.49. The molecule has 2 aliphatic heterocycles. The number of nitrogens with zero attached hydrogens (tertiary/aromatic N) is 2. The number of carbonyl (C=O) groups excluding carboxylic acids is 1. The van der Waals surface area contributed by atoms with E-state index < -0.39 is 0 Å². The number of amides is 1. The predicted molar refractivity (Wildman–Crippen MR) is 116 cm³/mol. The number of benzene rings is 2. The highest BCUT2D eigenvalue weighted by Gasteiger charge is 2.40. The van der Waals surface area contributed by atoms with Gasteiger partial charge in [-0.1, -0.05) is 48.5 Å². The normalized spacial score (nSPS) is 24.7. The molecule has 160 valence electrons. The fourth-order valence-corrected chi connectivity index (χ4v) is 4.82. The van der Waals surface area contributed by atoms with Crippen LogP contribution in [-0.4, -0.2) is 48.4 Å². The molecule has 4 rings (SSSR count). The Morgan fingerprint density at radius 1 is 1.17 bits per heavy atom. The third-order valence-electron chi connectivity index (χ3n) is 6.38. The third-order valence-corrected chi connectivity index (χ3v) is 6.38. The summed E-state index contributed by atoms with van der Waals surface area (Å²) in [6.07, 6.45) is 2.15. The summed E-state index contributed by atoms with van der Waals surface area (Å²) in [4.78, 5) is 17.4. The minimum atomic E-state index is -0.143. The van der Waals surface area contributed by atoms with E-state index in [0.717, 1.165) is 37.1 Å². The van der Waals surface area contributed by atoms with Crippen LogP contribution < -0.4 is 10.9 Å². The molecule has 2 N–H and O–H groups in total. The average Bonchev–Trinajstić information content (AvgIpc) is 3.26.